The van der Waals surface area contributed by atoms with Crippen LogP contribution < -0.4 is 5.32 Å². The summed E-state index contributed by atoms with van der Waals surface area (Å²) >= 11 is 1.20. The summed E-state index contributed by atoms with van der Waals surface area (Å²) in [7, 11) is 3.01. The quantitative estimate of drug-likeness (QED) is 0.697. The van der Waals surface area contributed by atoms with E-state index in [1.165, 1.54) is 23.4 Å². The van der Waals surface area contributed by atoms with Gasteiger partial charge in [-0.2, -0.15) is 9.48 Å². The van der Waals surface area contributed by atoms with E-state index in [-0.39, 0.29) is 23.7 Å². The van der Waals surface area contributed by atoms with Gasteiger partial charge in [-0.1, -0.05) is 16.8 Å². The third kappa shape index (κ3) is 3.70. The van der Waals surface area contributed by atoms with Crippen LogP contribution in [-0.4, -0.2) is 83.1 Å². The highest BCUT2D eigenvalue weighted by molar-refractivity contribution is 8.14. The third-order valence-electron chi connectivity index (χ3n) is 4.45. The van der Waals surface area contributed by atoms with Crippen molar-refractivity contribution < 1.29 is 23.7 Å². The number of nitrogens with zero attached hydrogens (tertiary/aromatic N) is 4. The van der Waals surface area contributed by atoms with E-state index < -0.39 is 11.9 Å². The molecule has 3 aliphatic heterocycles. The number of aliphatic imine (C=N–C) groups is 2. The van der Waals surface area contributed by atoms with Crippen molar-refractivity contribution in [1.29, 1.82) is 0 Å². The highest BCUT2D eigenvalue weighted by Gasteiger charge is 2.48. The average molecular weight is 380 g/mol. The van der Waals surface area contributed by atoms with Crippen LogP contribution in [0.5, 0.6) is 0 Å². The van der Waals surface area contributed by atoms with Gasteiger partial charge in [-0.25, -0.2) is 9.79 Å². The molecule has 1 N–H and O–H groups in total. The Balaban J connectivity index is 1.67. The number of imide groups is 1. The van der Waals surface area contributed by atoms with Gasteiger partial charge in [-0.3, -0.25) is 9.59 Å². The molecule has 0 aliphatic carbocycles. The van der Waals surface area contributed by atoms with Gasteiger partial charge < -0.3 is 10.1 Å². The SMILES string of the molecule is CC1=NC2=[N+](C)C(=O)N(C)C(=O)C2C(SCC(=O)NCC2CCCO2)=N1. The molecule has 1 fully saturated rings. The third-order valence-corrected chi connectivity index (χ3v) is 5.48. The molecule has 3 heterocycles. The van der Waals surface area contributed by atoms with Crippen molar-refractivity contribution in [1.82, 2.24) is 10.2 Å². The Morgan fingerprint density at radius 2 is 2.19 bits per heavy atom. The standard InChI is InChI=1S/C16H21N5O4S/c1-9-18-13-12(15(23)21(3)16(24)20(13)2)14(19-9)26-8-11(22)17-7-10-5-4-6-25-10/h10,12H,4-8H2,1-3H3/p+1. The molecule has 0 aromatic rings. The summed E-state index contributed by atoms with van der Waals surface area (Å²) in [4.78, 5) is 46.4. The van der Waals surface area contributed by atoms with E-state index in [9.17, 15) is 14.4 Å². The van der Waals surface area contributed by atoms with Gasteiger partial charge in [0, 0.05) is 20.1 Å². The second-order valence-corrected chi connectivity index (χ2v) is 7.36. The largest absolute Gasteiger partial charge is 0.445 e. The van der Waals surface area contributed by atoms with Crippen molar-refractivity contribution in [2.45, 2.75) is 25.9 Å². The number of hydrogen-bond acceptors (Lipinski definition) is 7. The van der Waals surface area contributed by atoms with Crippen molar-refractivity contribution in [3.05, 3.63) is 0 Å². The first-order valence-corrected chi connectivity index (χ1v) is 9.44. The average Bonchev–Trinajstić information content (AvgIpc) is 3.14. The highest BCUT2D eigenvalue weighted by Crippen LogP contribution is 2.25. The second kappa shape index (κ2) is 7.67. The first-order chi connectivity index (χ1) is 12.4. The van der Waals surface area contributed by atoms with E-state index in [4.69, 9.17) is 4.74 Å². The number of rotatable bonds is 4. The van der Waals surface area contributed by atoms with Gasteiger partial charge in [-0.15, -0.1) is 0 Å². The number of urea groups is 1. The Bertz CT molecular complexity index is 739. The number of amidine groups is 2. The first-order valence-electron chi connectivity index (χ1n) is 8.45. The number of hydrogen-bond donors (Lipinski definition) is 1. The zero-order chi connectivity index (χ0) is 18.8. The van der Waals surface area contributed by atoms with Crippen molar-refractivity contribution in [3.8, 4) is 0 Å². The van der Waals surface area contributed by atoms with Gasteiger partial charge >= 0.3 is 11.9 Å². The molecule has 9 nitrogen and oxygen atoms in total. The van der Waals surface area contributed by atoms with Gasteiger partial charge in [0.05, 0.1) is 26.0 Å². The van der Waals surface area contributed by atoms with Crippen molar-refractivity contribution in [2.24, 2.45) is 15.9 Å². The zero-order valence-electron chi connectivity index (χ0n) is 15.0. The lowest BCUT2D eigenvalue weighted by Crippen LogP contribution is -2.54. The Morgan fingerprint density at radius 3 is 2.88 bits per heavy atom. The normalized spacial score (nSPS) is 25.9. The van der Waals surface area contributed by atoms with Crippen LogP contribution >= 0.6 is 11.8 Å². The van der Waals surface area contributed by atoms with E-state index in [1.54, 1.807) is 14.0 Å². The van der Waals surface area contributed by atoms with Crippen molar-refractivity contribution in [3.63, 3.8) is 0 Å². The van der Waals surface area contributed by atoms with Gasteiger partial charge in [0.1, 0.15) is 5.04 Å². The fourth-order valence-corrected chi connectivity index (χ4v) is 3.98. The van der Waals surface area contributed by atoms with Crippen LogP contribution in [0.25, 0.3) is 0 Å². The number of amides is 4. The molecule has 1 saturated heterocycles. The molecule has 26 heavy (non-hydrogen) atoms. The number of carbonyl (C=O) groups is 3. The molecule has 2 atom stereocenters. The second-order valence-electron chi connectivity index (χ2n) is 6.37. The molecule has 4 amide bonds. The summed E-state index contributed by atoms with van der Waals surface area (Å²) in [5.74, 6) is -0.329. The molecule has 140 valence electrons. The van der Waals surface area contributed by atoms with E-state index >= 15 is 0 Å². The highest BCUT2D eigenvalue weighted by atomic mass is 32.2. The summed E-state index contributed by atoms with van der Waals surface area (Å²) in [6.45, 7) is 2.93. The molecule has 0 aromatic heterocycles. The van der Waals surface area contributed by atoms with E-state index in [0.717, 1.165) is 24.3 Å². The minimum Gasteiger partial charge on any atom is -0.376 e. The Labute approximate surface area is 155 Å². The number of fused-ring (bicyclic) bond motifs is 1. The van der Waals surface area contributed by atoms with Crippen LogP contribution in [0.4, 0.5) is 4.79 Å². The Kier molecular flexibility index (Phi) is 5.52. The lowest BCUT2D eigenvalue weighted by atomic mass is 10.1. The number of thioether (sulfide) groups is 1. The maximum absolute atomic E-state index is 12.6. The zero-order valence-corrected chi connectivity index (χ0v) is 15.8. The van der Waals surface area contributed by atoms with Gasteiger partial charge in [-0.05, 0) is 12.8 Å². The molecule has 0 radical (unpaired) electrons. The molecular formula is C16H22N5O4S+. The Hall–Kier alpha value is -2.07. The fraction of sp³-hybridized carbons (Fsp3) is 0.625. The van der Waals surface area contributed by atoms with E-state index in [1.807, 2.05) is 0 Å². The van der Waals surface area contributed by atoms with Crippen LogP contribution in [0.1, 0.15) is 19.8 Å². The molecule has 2 unspecified atom stereocenters. The molecule has 0 saturated carbocycles. The molecule has 3 aliphatic rings. The predicted molar refractivity (Wildman–Crippen MR) is 97.8 cm³/mol. The van der Waals surface area contributed by atoms with Gasteiger partial charge in [0.15, 0.2) is 5.92 Å². The summed E-state index contributed by atoms with van der Waals surface area (Å²) in [5.41, 5.74) is 0. The molecule has 3 rings (SSSR count). The topological polar surface area (TPSA) is 103 Å². The molecule has 0 bridgehead atoms. The van der Waals surface area contributed by atoms with Crippen molar-refractivity contribution >= 4 is 46.3 Å². The van der Waals surface area contributed by atoms with Crippen LogP contribution in [0.15, 0.2) is 9.98 Å². The molecule has 10 heteroatoms. The number of carbonyl (C=O) groups excluding carboxylic acids is 3. The first kappa shape index (κ1) is 18.7. The number of nitrogens with one attached hydrogen (secondary N) is 1. The number of ether oxygens (including phenoxy) is 1. The van der Waals surface area contributed by atoms with E-state index in [0.29, 0.717) is 23.3 Å². The maximum atomic E-state index is 12.6. The summed E-state index contributed by atoms with van der Waals surface area (Å²) < 4.78 is 6.83. The maximum Gasteiger partial charge on any atom is 0.445 e. The lowest BCUT2D eigenvalue weighted by molar-refractivity contribution is -0.407. The Morgan fingerprint density at radius 1 is 1.42 bits per heavy atom. The van der Waals surface area contributed by atoms with Crippen molar-refractivity contribution in [2.75, 3.05) is 33.0 Å². The van der Waals surface area contributed by atoms with Crippen LogP contribution in [0, 0.1) is 5.92 Å². The minimum atomic E-state index is -0.748. The summed E-state index contributed by atoms with van der Waals surface area (Å²) in [5, 5.41) is 3.33. The monoisotopic (exact) mass is 380 g/mol. The summed E-state index contributed by atoms with van der Waals surface area (Å²) in [6, 6.07) is -0.432. The smallest absolute Gasteiger partial charge is 0.376 e. The van der Waals surface area contributed by atoms with Gasteiger partial charge in [0.2, 0.25) is 11.7 Å². The minimum absolute atomic E-state index is 0.0820. The predicted octanol–water partition coefficient (Wildman–Crippen LogP) is 0.0943. The fourth-order valence-electron chi connectivity index (χ4n) is 3.02. The van der Waals surface area contributed by atoms with Crippen LogP contribution in [0.2, 0.25) is 0 Å². The summed E-state index contributed by atoms with van der Waals surface area (Å²) in [6.07, 6.45) is 2.06. The lowest BCUT2D eigenvalue weighted by Gasteiger charge is -2.26. The molecule has 0 spiro atoms. The van der Waals surface area contributed by atoms with Crippen LogP contribution in [0.3, 0.4) is 0 Å². The molecular weight excluding hydrogens is 358 g/mol. The molecule has 0 aromatic carbocycles. The van der Waals surface area contributed by atoms with E-state index in [2.05, 4.69) is 15.3 Å². The van der Waals surface area contributed by atoms with Gasteiger partial charge in [0.25, 0.3) is 5.84 Å². The van der Waals surface area contributed by atoms with Crippen LogP contribution in [-0.2, 0) is 14.3 Å².